The van der Waals surface area contributed by atoms with E-state index in [0.717, 1.165) is 23.0 Å². The van der Waals surface area contributed by atoms with Gasteiger partial charge in [-0.3, -0.25) is 4.79 Å². The second-order valence-corrected chi connectivity index (χ2v) is 7.35. The first kappa shape index (κ1) is 15.8. The smallest absolute Gasteiger partial charge is 0.251 e. The summed E-state index contributed by atoms with van der Waals surface area (Å²) >= 11 is 6.61. The third-order valence-corrected chi connectivity index (χ3v) is 5.76. The molecule has 0 aliphatic heterocycles. The topological polar surface area (TPSA) is 71.8 Å². The molecule has 0 aliphatic carbocycles. The number of H-pyrrole nitrogens is 1. The third kappa shape index (κ3) is 4.18. The van der Waals surface area contributed by atoms with Crippen molar-refractivity contribution in [2.75, 3.05) is 6.54 Å². The summed E-state index contributed by atoms with van der Waals surface area (Å²) in [6.45, 7) is 2.57. The van der Waals surface area contributed by atoms with E-state index in [2.05, 4.69) is 38.9 Å². The van der Waals surface area contributed by atoms with Crippen LogP contribution >= 0.6 is 39.0 Å². The number of nitrogens with zero attached hydrogens (tertiary/aromatic N) is 1. The van der Waals surface area contributed by atoms with Gasteiger partial charge in [-0.25, -0.2) is 4.98 Å². The highest BCUT2D eigenvalue weighted by Gasteiger charge is 2.15. The minimum absolute atomic E-state index is 0.103. The van der Waals surface area contributed by atoms with Gasteiger partial charge >= 0.3 is 0 Å². The molecule has 0 fully saturated rings. The molecule has 1 unspecified atom stereocenters. The molecular weight excluding hydrogens is 358 g/mol. The van der Waals surface area contributed by atoms with Crippen molar-refractivity contribution < 1.29 is 0 Å². The summed E-state index contributed by atoms with van der Waals surface area (Å²) in [5.41, 5.74) is 6.58. The molecule has 0 spiro atoms. The van der Waals surface area contributed by atoms with Crippen LogP contribution in [0.1, 0.15) is 29.2 Å². The van der Waals surface area contributed by atoms with Crippen molar-refractivity contribution in [2.45, 2.75) is 30.2 Å². The number of hydrogen-bond donors (Lipinski definition) is 2. The van der Waals surface area contributed by atoms with Crippen LogP contribution in [0.25, 0.3) is 0 Å². The maximum Gasteiger partial charge on any atom is 0.251 e. The van der Waals surface area contributed by atoms with E-state index < -0.39 is 0 Å². The first-order valence-electron chi connectivity index (χ1n) is 6.33. The lowest BCUT2D eigenvalue weighted by Gasteiger charge is -2.12. The number of aryl methyl sites for hydroxylation is 1. The normalized spacial score (nSPS) is 12.6. The first-order chi connectivity index (χ1) is 9.62. The number of nitrogens with two attached hydrogens (primary N) is 1. The molecule has 4 nitrogen and oxygen atoms in total. The van der Waals surface area contributed by atoms with Gasteiger partial charge in [0.2, 0.25) is 0 Å². The molecule has 0 amide bonds. The Morgan fingerprint density at radius 1 is 1.55 bits per heavy atom. The van der Waals surface area contributed by atoms with Crippen molar-refractivity contribution in [2.24, 2.45) is 5.73 Å². The number of thiophene rings is 1. The van der Waals surface area contributed by atoms with Gasteiger partial charge in [0, 0.05) is 33.0 Å². The number of nitrogens with one attached hydrogen (secondary N) is 1. The van der Waals surface area contributed by atoms with Crippen molar-refractivity contribution in [1.82, 2.24) is 9.97 Å². The molecule has 0 saturated carbocycles. The van der Waals surface area contributed by atoms with Crippen LogP contribution in [0.15, 0.2) is 31.9 Å². The summed E-state index contributed by atoms with van der Waals surface area (Å²) in [5.74, 6) is 0. The van der Waals surface area contributed by atoms with E-state index in [4.69, 9.17) is 5.73 Å². The average molecular weight is 374 g/mol. The molecule has 0 saturated heterocycles. The molecule has 3 N–H and O–H groups in total. The number of aromatic nitrogens is 2. The van der Waals surface area contributed by atoms with Crippen LogP contribution in [0.2, 0.25) is 0 Å². The number of thioether (sulfide) groups is 1. The van der Waals surface area contributed by atoms with Crippen molar-refractivity contribution in [3.05, 3.63) is 42.9 Å². The van der Waals surface area contributed by atoms with Crippen LogP contribution in [-0.2, 0) is 6.42 Å². The lowest BCUT2D eigenvalue weighted by molar-refractivity contribution is 0.811. The van der Waals surface area contributed by atoms with E-state index in [9.17, 15) is 4.79 Å². The highest BCUT2D eigenvalue weighted by atomic mass is 79.9. The molecular formula is C13H16BrN3OS2. The maximum absolute atomic E-state index is 11.7. The predicted octanol–water partition coefficient (Wildman–Crippen LogP) is 3.34. The van der Waals surface area contributed by atoms with Gasteiger partial charge in [0.15, 0.2) is 5.16 Å². The summed E-state index contributed by atoms with van der Waals surface area (Å²) in [7, 11) is 0. The Hall–Kier alpha value is -0.630. The van der Waals surface area contributed by atoms with Crippen LogP contribution in [0.4, 0.5) is 0 Å². The van der Waals surface area contributed by atoms with Gasteiger partial charge < -0.3 is 10.7 Å². The maximum atomic E-state index is 11.7. The monoisotopic (exact) mass is 373 g/mol. The van der Waals surface area contributed by atoms with E-state index in [1.54, 1.807) is 17.4 Å². The summed E-state index contributed by atoms with van der Waals surface area (Å²) < 4.78 is 1.05. The molecule has 2 rings (SSSR count). The summed E-state index contributed by atoms with van der Waals surface area (Å²) in [4.78, 5) is 20.1. The predicted molar refractivity (Wildman–Crippen MR) is 88.5 cm³/mol. The summed E-state index contributed by atoms with van der Waals surface area (Å²) in [5, 5.41) is 2.77. The molecule has 2 heterocycles. The number of aromatic amines is 1. The zero-order valence-electron chi connectivity index (χ0n) is 11.1. The Balaban J connectivity index is 2.21. The minimum atomic E-state index is -0.103. The number of rotatable bonds is 6. The van der Waals surface area contributed by atoms with E-state index in [-0.39, 0.29) is 10.8 Å². The fraction of sp³-hybridized carbons (Fsp3) is 0.385. The molecule has 7 heteroatoms. The van der Waals surface area contributed by atoms with Gasteiger partial charge in [-0.15, -0.1) is 11.3 Å². The Kier molecular flexibility index (Phi) is 5.83. The zero-order chi connectivity index (χ0) is 14.5. The fourth-order valence-corrected chi connectivity index (χ4v) is 4.41. The molecule has 1 atom stereocenters. The molecule has 0 bridgehead atoms. The van der Waals surface area contributed by atoms with Gasteiger partial charge in [-0.05, 0) is 28.4 Å². The molecule has 0 aromatic carbocycles. The average Bonchev–Trinajstić information content (AvgIpc) is 2.82. The van der Waals surface area contributed by atoms with Crippen molar-refractivity contribution in [1.29, 1.82) is 0 Å². The van der Waals surface area contributed by atoms with Gasteiger partial charge in [-0.2, -0.15) is 0 Å². The van der Waals surface area contributed by atoms with Crippen LogP contribution in [0.3, 0.4) is 0 Å². The molecule has 108 valence electrons. The number of hydrogen-bond acceptors (Lipinski definition) is 5. The Bertz CT molecular complexity index is 626. The van der Waals surface area contributed by atoms with Crippen LogP contribution in [-0.4, -0.2) is 16.5 Å². The molecule has 0 radical (unpaired) electrons. The van der Waals surface area contributed by atoms with Gasteiger partial charge in [0.1, 0.15) is 0 Å². The van der Waals surface area contributed by atoms with E-state index in [0.29, 0.717) is 11.7 Å². The molecule has 2 aromatic rings. The quantitative estimate of drug-likeness (QED) is 0.601. The highest BCUT2D eigenvalue weighted by Crippen LogP contribution is 2.36. The zero-order valence-corrected chi connectivity index (χ0v) is 14.3. The summed E-state index contributed by atoms with van der Waals surface area (Å²) in [6.07, 6.45) is 1.79. The lowest BCUT2D eigenvalue weighted by Crippen LogP contribution is -2.13. The number of halogens is 1. The van der Waals surface area contributed by atoms with Crippen molar-refractivity contribution in [3.8, 4) is 0 Å². The van der Waals surface area contributed by atoms with Crippen LogP contribution in [0, 0.1) is 0 Å². The second-order valence-electron chi connectivity index (χ2n) is 4.30. The van der Waals surface area contributed by atoms with Crippen LogP contribution in [0.5, 0.6) is 0 Å². The molecule has 0 aliphatic rings. The highest BCUT2D eigenvalue weighted by molar-refractivity contribution is 9.10. The van der Waals surface area contributed by atoms with E-state index in [1.165, 1.54) is 16.6 Å². The molecule has 2 aromatic heterocycles. The lowest BCUT2D eigenvalue weighted by atomic mass is 10.2. The van der Waals surface area contributed by atoms with Gasteiger partial charge in [-0.1, -0.05) is 25.1 Å². The van der Waals surface area contributed by atoms with Crippen molar-refractivity contribution >= 4 is 39.0 Å². The Morgan fingerprint density at radius 2 is 2.35 bits per heavy atom. The van der Waals surface area contributed by atoms with Crippen LogP contribution < -0.4 is 11.3 Å². The SMILES string of the molecule is CCCc1cc(=O)[nH]c(SC(CN)c2cc(Br)cs2)n1. The van der Waals surface area contributed by atoms with Gasteiger partial charge in [0.25, 0.3) is 5.56 Å². The fourth-order valence-electron chi connectivity index (χ4n) is 1.78. The molecule has 20 heavy (non-hydrogen) atoms. The summed E-state index contributed by atoms with van der Waals surface area (Å²) in [6, 6.07) is 3.62. The Morgan fingerprint density at radius 3 is 2.95 bits per heavy atom. The minimum Gasteiger partial charge on any atom is -0.329 e. The second kappa shape index (κ2) is 7.40. The van der Waals surface area contributed by atoms with E-state index in [1.807, 2.05) is 5.38 Å². The largest absolute Gasteiger partial charge is 0.329 e. The Labute approximate surface area is 134 Å². The van der Waals surface area contributed by atoms with Crippen molar-refractivity contribution in [3.63, 3.8) is 0 Å². The van der Waals surface area contributed by atoms with E-state index >= 15 is 0 Å². The third-order valence-electron chi connectivity index (χ3n) is 2.65. The standard InChI is InChI=1S/C13H16BrN3OS2/c1-2-3-9-5-12(18)17-13(16-9)20-11(6-15)10-4-8(14)7-19-10/h4-5,7,11H,2-3,6,15H2,1H3,(H,16,17,18). The first-order valence-corrected chi connectivity index (χ1v) is 8.88. The van der Waals surface area contributed by atoms with Gasteiger partial charge in [0.05, 0.1) is 5.25 Å².